The second kappa shape index (κ2) is 15.2. The van der Waals surface area contributed by atoms with E-state index in [-0.39, 0.29) is 0 Å². The average molecular weight is 591 g/mol. The van der Waals surface area contributed by atoms with E-state index in [2.05, 4.69) is 32.7 Å². The van der Waals surface area contributed by atoms with Gasteiger partial charge in [-0.05, 0) is 59.3 Å². The number of aromatic hydroxyl groups is 2. The molecule has 0 saturated carbocycles. The maximum Gasteiger partial charge on any atom is 0.116 e. The van der Waals surface area contributed by atoms with E-state index in [4.69, 9.17) is 19.8 Å². The molecule has 0 fully saturated rings. The van der Waals surface area contributed by atoms with Gasteiger partial charge in [-0.25, -0.2) is 0 Å². The van der Waals surface area contributed by atoms with Crippen molar-refractivity contribution >= 4 is 69.5 Å². The molecule has 0 bridgehead atoms. The van der Waals surface area contributed by atoms with Crippen molar-refractivity contribution in [3.05, 3.63) is 71.4 Å². The van der Waals surface area contributed by atoms with E-state index < -0.39 is 11.9 Å². The number of aliphatic carboxylic acids is 2. The molecule has 0 spiro atoms. The number of phenolic OH excluding ortho intramolecular Hbond substituents is 2. The number of thiophene rings is 2. The Morgan fingerprint density at radius 2 is 1.05 bits per heavy atom. The van der Waals surface area contributed by atoms with Crippen LogP contribution in [0.4, 0.5) is 11.4 Å². The molecule has 2 heterocycles. The molecule has 0 radical (unpaired) electrons. The monoisotopic (exact) mass is 590 g/mol. The first kappa shape index (κ1) is 30.9. The first-order valence-electron chi connectivity index (χ1n) is 10.8. The molecule has 2 aromatic carbocycles. The lowest BCUT2D eigenvalue weighted by molar-refractivity contribution is -0.345. The van der Waals surface area contributed by atoms with Crippen LogP contribution >= 0.6 is 46.2 Å². The van der Waals surface area contributed by atoms with Gasteiger partial charge in [-0.2, -0.15) is 0 Å². The fourth-order valence-corrected chi connectivity index (χ4v) is 7.17. The fourth-order valence-electron chi connectivity index (χ4n) is 2.70. The number of carboxylic acid groups (broad SMARTS) is 2. The fraction of sp³-hybridized carbons (Fsp3) is 0.154. The van der Waals surface area contributed by atoms with Crippen LogP contribution in [0.5, 0.6) is 11.5 Å². The summed E-state index contributed by atoms with van der Waals surface area (Å²) in [6.45, 7) is 0. The summed E-state index contributed by atoms with van der Waals surface area (Å²) >= 11 is 6.80. The zero-order chi connectivity index (χ0) is 28.2. The number of phenols is 2. The van der Waals surface area contributed by atoms with Crippen LogP contribution in [-0.2, 0) is 9.59 Å². The average Bonchev–Trinajstić information content (AvgIpc) is 3.50. The van der Waals surface area contributed by atoms with Crippen molar-refractivity contribution in [2.24, 2.45) is 0 Å². The van der Waals surface area contributed by atoms with Crippen molar-refractivity contribution in [2.45, 2.75) is 18.2 Å². The molecular formula is C26H26N2O6S4-2. The van der Waals surface area contributed by atoms with Crippen molar-refractivity contribution in [3.63, 3.8) is 0 Å². The van der Waals surface area contributed by atoms with Crippen LogP contribution in [0, 0.1) is 0 Å². The molecule has 0 saturated heterocycles. The Bertz CT molecular complexity index is 1230. The summed E-state index contributed by atoms with van der Waals surface area (Å²) in [6, 6.07) is 18.9. The van der Waals surface area contributed by atoms with Crippen molar-refractivity contribution < 1.29 is 30.0 Å². The van der Waals surface area contributed by atoms with Crippen molar-refractivity contribution in [1.29, 1.82) is 0 Å². The summed E-state index contributed by atoms with van der Waals surface area (Å²) in [7, 11) is 8.15. The number of benzene rings is 2. The predicted octanol–water partition coefficient (Wildman–Crippen LogP) is 3.83. The molecule has 4 aromatic rings. The quantitative estimate of drug-likeness (QED) is 0.320. The highest BCUT2D eigenvalue weighted by molar-refractivity contribution is 8.01. The van der Waals surface area contributed by atoms with Gasteiger partial charge < -0.3 is 39.8 Å². The number of nitrogens with zero attached hydrogens (tertiary/aromatic N) is 2. The highest BCUT2D eigenvalue weighted by Gasteiger charge is 2.09. The van der Waals surface area contributed by atoms with Crippen LogP contribution < -0.4 is 20.0 Å². The summed E-state index contributed by atoms with van der Waals surface area (Å²) in [6.07, 6.45) is 0. The standard InChI is InChI=1S/2C12H13NOS2.C2H2O4/c2*1-13(2)11-6-7-15-12(11)16-10-5-3-4-9(14)8-10;3-1(4)2(5)6/h2*3-8,14H,1-2H3;(H,3,4)(H,5,6)/p-2. The zero-order valence-corrected chi connectivity index (χ0v) is 24.2. The van der Waals surface area contributed by atoms with Gasteiger partial charge in [0.15, 0.2) is 0 Å². The Labute approximate surface area is 237 Å². The normalized spacial score (nSPS) is 9.89. The summed E-state index contributed by atoms with van der Waals surface area (Å²) in [5.74, 6) is -3.74. The second-order valence-corrected chi connectivity index (χ2v) is 12.3. The summed E-state index contributed by atoms with van der Waals surface area (Å²) < 4.78 is 2.49. The molecule has 2 N–H and O–H groups in total. The van der Waals surface area contributed by atoms with Crippen molar-refractivity contribution in [3.8, 4) is 11.5 Å². The largest absolute Gasteiger partial charge is 0.543 e. The number of hydrogen-bond acceptors (Lipinski definition) is 12. The molecule has 2 aromatic heterocycles. The number of carboxylic acids is 2. The highest BCUT2D eigenvalue weighted by atomic mass is 32.2. The number of rotatable bonds is 6. The van der Waals surface area contributed by atoms with Gasteiger partial charge in [-0.15, -0.1) is 22.7 Å². The molecule has 0 atom stereocenters. The molecule has 0 amide bonds. The minimum absolute atomic E-state index is 0.313. The first-order valence-corrected chi connectivity index (χ1v) is 14.2. The van der Waals surface area contributed by atoms with E-state index in [0.29, 0.717) is 11.5 Å². The molecular weight excluding hydrogens is 565 g/mol. The van der Waals surface area contributed by atoms with Gasteiger partial charge in [0.1, 0.15) is 11.5 Å². The summed E-state index contributed by atoms with van der Waals surface area (Å²) in [4.78, 5) is 24.2. The van der Waals surface area contributed by atoms with E-state index in [1.54, 1.807) is 70.5 Å². The topological polar surface area (TPSA) is 127 Å². The van der Waals surface area contributed by atoms with Crippen molar-refractivity contribution in [1.82, 2.24) is 0 Å². The Morgan fingerprint density at radius 1 is 0.684 bits per heavy atom. The maximum atomic E-state index is 9.40. The van der Waals surface area contributed by atoms with Gasteiger partial charge in [-0.1, -0.05) is 35.7 Å². The Kier molecular flexibility index (Phi) is 12.3. The molecule has 12 heteroatoms. The molecule has 38 heavy (non-hydrogen) atoms. The Balaban J connectivity index is 0.000000221. The first-order chi connectivity index (χ1) is 18.0. The minimum Gasteiger partial charge on any atom is -0.543 e. The predicted molar refractivity (Wildman–Crippen MR) is 152 cm³/mol. The molecule has 8 nitrogen and oxygen atoms in total. The smallest absolute Gasteiger partial charge is 0.116 e. The summed E-state index contributed by atoms with van der Waals surface area (Å²) in [5, 5.41) is 40.8. The van der Waals surface area contributed by atoms with Gasteiger partial charge in [0.05, 0.1) is 31.7 Å². The Morgan fingerprint density at radius 3 is 1.34 bits per heavy atom. The third-order valence-electron chi connectivity index (χ3n) is 4.41. The van der Waals surface area contributed by atoms with Gasteiger partial charge >= 0.3 is 0 Å². The number of carbonyl (C=O) groups excluding carboxylic acids is 2. The highest BCUT2D eigenvalue weighted by Crippen LogP contribution is 2.40. The summed E-state index contributed by atoms with van der Waals surface area (Å²) in [5.41, 5.74) is 2.44. The number of anilines is 2. The van der Waals surface area contributed by atoms with Crippen LogP contribution in [0.1, 0.15) is 0 Å². The maximum absolute atomic E-state index is 9.40. The van der Waals surface area contributed by atoms with Gasteiger partial charge in [-0.3, -0.25) is 0 Å². The van der Waals surface area contributed by atoms with E-state index in [1.165, 1.54) is 19.8 Å². The lowest BCUT2D eigenvalue weighted by Gasteiger charge is -2.12. The lowest BCUT2D eigenvalue weighted by Crippen LogP contribution is -2.42. The Hall–Kier alpha value is -3.32. The van der Waals surface area contributed by atoms with E-state index in [1.807, 2.05) is 52.5 Å². The molecule has 0 unspecified atom stereocenters. The zero-order valence-electron chi connectivity index (χ0n) is 21.0. The molecule has 0 aliphatic rings. The number of hydrogen-bond donors (Lipinski definition) is 2. The van der Waals surface area contributed by atoms with Crippen LogP contribution in [0.3, 0.4) is 0 Å². The SMILES string of the molecule is CN(C)c1ccsc1Sc1cccc(O)c1.CN(C)c1ccsc1Sc1cccc(O)c1.O=C([O-])C(=O)[O-]. The molecule has 202 valence electrons. The third kappa shape index (κ3) is 10.2. The molecule has 0 aliphatic carbocycles. The van der Waals surface area contributed by atoms with Crippen LogP contribution in [0.15, 0.2) is 89.6 Å². The molecule has 4 rings (SSSR count). The van der Waals surface area contributed by atoms with Crippen LogP contribution in [-0.4, -0.2) is 50.3 Å². The molecule has 0 aliphatic heterocycles. The van der Waals surface area contributed by atoms with Gasteiger partial charge in [0.25, 0.3) is 0 Å². The van der Waals surface area contributed by atoms with Crippen molar-refractivity contribution in [2.75, 3.05) is 38.0 Å². The second-order valence-electron chi connectivity index (χ2n) is 7.75. The van der Waals surface area contributed by atoms with Crippen LogP contribution in [0.2, 0.25) is 0 Å². The van der Waals surface area contributed by atoms with E-state index >= 15 is 0 Å². The lowest BCUT2D eigenvalue weighted by atomic mass is 10.3. The van der Waals surface area contributed by atoms with Gasteiger partial charge in [0.2, 0.25) is 0 Å². The minimum atomic E-state index is -2.19. The van der Waals surface area contributed by atoms with Gasteiger partial charge in [0, 0.05) is 38.0 Å². The van der Waals surface area contributed by atoms with E-state index in [0.717, 1.165) is 9.79 Å². The van der Waals surface area contributed by atoms with Crippen LogP contribution in [0.25, 0.3) is 0 Å². The van der Waals surface area contributed by atoms with E-state index in [9.17, 15) is 10.2 Å². The third-order valence-corrected chi connectivity index (χ3v) is 8.64. The number of carbonyl (C=O) groups is 2.